The summed E-state index contributed by atoms with van der Waals surface area (Å²) in [5.74, 6) is -1.84. The van der Waals surface area contributed by atoms with Gasteiger partial charge in [0, 0.05) is 24.0 Å². The molecule has 2 aromatic rings. The van der Waals surface area contributed by atoms with E-state index in [0.717, 1.165) is 0 Å². The summed E-state index contributed by atoms with van der Waals surface area (Å²) in [4.78, 5) is 12.0. The van der Waals surface area contributed by atoms with Gasteiger partial charge < -0.3 is 14.6 Å². The maximum Gasteiger partial charge on any atom is 0.407 e. The van der Waals surface area contributed by atoms with Crippen LogP contribution in [0.4, 0.5) is 13.6 Å². The van der Waals surface area contributed by atoms with Crippen LogP contribution in [-0.4, -0.2) is 22.3 Å². The normalized spacial score (nSPS) is 20.6. The standard InChI is InChI=1S/C17H20F2N2O2/c1-9-11-7-12(18)14(19)10-5-6-21(15(10)11)8-13(9)20-16(22)23-17(2,3)4/h5-7,9,13H,8H2,1-4H3,(H,20,22)/t9-,13+/m0/s1. The van der Waals surface area contributed by atoms with Crippen LogP contribution in [0.2, 0.25) is 0 Å². The van der Waals surface area contributed by atoms with Crippen molar-refractivity contribution in [1.82, 2.24) is 9.88 Å². The van der Waals surface area contributed by atoms with Crippen molar-refractivity contribution < 1.29 is 18.3 Å². The van der Waals surface area contributed by atoms with Gasteiger partial charge in [-0.05, 0) is 38.5 Å². The molecule has 0 saturated heterocycles. The van der Waals surface area contributed by atoms with Gasteiger partial charge in [0.1, 0.15) is 5.60 Å². The smallest absolute Gasteiger partial charge is 0.407 e. The zero-order valence-corrected chi connectivity index (χ0v) is 13.6. The predicted molar refractivity (Wildman–Crippen MR) is 83.4 cm³/mol. The highest BCUT2D eigenvalue weighted by atomic mass is 19.2. The van der Waals surface area contributed by atoms with Crippen molar-refractivity contribution in [1.29, 1.82) is 0 Å². The van der Waals surface area contributed by atoms with E-state index in [2.05, 4.69) is 5.32 Å². The molecule has 0 radical (unpaired) electrons. The zero-order chi connectivity index (χ0) is 16.9. The Balaban J connectivity index is 1.91. The first-order valence-corrected chi connectivity index (χ1v) is 7.63. The van der Waals surface area contributed by atoms with Crippen LogP contribution in [0.3, 0.4) is 0 Å². The van der Waals surface area contributed by atoms with E-state index in [-0.39, 0.29) is 17.3 Å². The molecule has 1 amide bonds. The first kappa shape index (κ1) is 15.8. The Kier molecular flexibility index (Phi) is 3.58. The molecule has 6 heteroatoms. The fourth-order valence-corrected chi connectivity index (χ4v) is 3.08. The number of aromatic nitrogens is 1. The van der Waals surface area contributed by atoms with E-state index < -0.39 is 23.3 Å². The van der Waals surface area contributed by atoms with Gasteiger partial charge in [-0.1, -0.05) is 6.92 Å². The van der Waals surface area contributed by atoms with Crippen LogP contribution in [0, 0.1) is 11.6 Å². The van der Waals surface area contributed by atoms with Gasteiger partial charge in [0.15, 0.2) is 11.6 Å². The summed E-state index contributed by atoms with van der Waals surface area (Å²) in [7, 11) is 0. The van der Waals surface area contributed by atoms with Gasteiger partial charge in [0.25, 0.3) is 0 Å². The summed E-state index contributed by atoms with van der Waals surface area (Å²) in [6, 6.07) is 2.54. The van der Waals surface area contributed by atoms with Crippen molar-refractivity contribution in [3.8, 4) is 0 Å². The van der Waals surface area contributed by atoms with Crippen molar-refractivity contribution in [2.75, 3.05) is 0 Å². The van der Waals surface area contributed by atoms with E-state index in [4.69, 9.17) is 4.74 Å². The summed E-state index contributed by atoms with van der Waals surface area (Å²) in [6.07, 6.45) is 1.20. The predicted octanol–water partition coefficient (Wildman–Crippen LogP) is 3.93. The number of benzene rings is 1. The molecule has 0 fully saturated rings. The van der Waals surface area contributed by atoms with E-state index in [1.807, 2.05) is 11.5 Å². The van der Waals surface area contributed by atoms with Crippen LogP contribution in [0.25, 0.3) is 10.9 Å². The fourth-order valence-electron chi connectivity index (χ4n) is 3.08. The van der Waals surface area contributed by atoms with Gasteiger partial charge in [0.2, 0.25) is 0 Å². The molecule has 1 aromatic carbocycles. The third kappa shape index (κ3) is 2.78. The lowest BCUT2D eigenvalue weighted by Crippen LogP contribution is -2.45. The third-order valence-corrected chi connectivity index (χ3v) is 4.15. The van der Waals surface area contributed by atoms with Crippen LogP contribution in [0.1, 0.15) is 39.2 Å². The van der Waals surface area contributed by atoms with Crippen LogP contribution in [0.5, 0.6) is 0 Å². The molecule has 1 N–H and O–H groups in total. The molecule has 23 heavy (non-hydrogen) atoms. The van der Waals surface area contributed by atoms with Gasteiger partial charge in [-0.3, -0.25) is 0 Å². The lowest BCUT2D eigenvalue weighted by molar-refractivity contribution is 0.0491. The largest absolute Gasteiger partial charge is 0.444 e. The highest BCUT2D eigenvalue weighted by molar-refractivity contribution is 5.85. The molecular weight excluding hydrogens is 302 g/mol. The SMILES string of the molecule is C[C@H]1c2cc(F)c(F)c3ccn(c23)C[C@H]1NC(=O)OC(C)(C)C. The number of carbonyl (C=O) groups is 1. The molecule has 4 nitrogen and oxygen atoms in total. The first-order chi connectivity index (χ1) is 10.7. The number of hydrogen-bond donors (Lipinski definition) is 1. The molecule has 2 heterocycles. The molecule has 0 saturated carbocycles. The maximum absolute atomic E-state index is 13.9. The molecule has 3 rings (SSSR count). The van der Waals surface area contributed by atoms with Crippen molar-refractivity contribution in [3.63, 3.8) is 0 Å². The number of nitrogens with zero attached hydrogens (tertiary/aromatic N) is 1. The molecule has 2 atom stereocenters. The molecule has 0 aliphatic carbocycles. The second-order valence-electron chi connectivity index (χ2n) is 7.03. The number of ether oxygens (including phenoxy) is 1. The molecule has 1 aliphatic heterocycles. The van der Waals surface area contributed by atoms with Crippen LogP contribution >= 0.6 is 0 Å². The molecule has 124 valence electrons. The first-order valence-electron chi connectivity index (χ1n) is 7.63. The number of hydrogen-bond acceptors (Lipinski definition) is 2. The van der Waals surface area contributed by atoms with E-state index >= 15 is 0 Å². The number of amides is 1. The Hall–Kier alpha value is -2.11. The maximum atomic E-state index is 13.9. The van der Waals surface area contributed by atoms with Gasteiger partial charge >= 0.3 is 6.09 Å². The minimum atomic E-state index is -0.866. The zero-order valence-electron chi connectivity index (χ0n) is 13.6. The summed E-state index contributed by atoms with van der Waals surface area (Å²) >= 11 is 0. The number of rotatable bonds is 1. The number of carbonyl (C=O) groups excluding carboxylic acids is 1. The van der Waals surface area contributed by atoms with Crippen LogP contribution < -0.4 is 5.32 Å². The summed E-state index contributed by atoms with van der Waals surface area (Å²) in [5, 5.41) is 3.11. The van der Waals surface area contributed by atoms with Gasteiger partial charge in [-0.15, -0.1) is 0 Å². The van der Waals surface area contributed by atoms with E-state index in [0.29, 0.717) is 17.6 Å². The Morgan fingerprint density at radius 3 is 2.74 bits per heavy atom. The summed E-state index contributed by atoms with van der Waals surface area (Å²) in [6.45, 7) is 7.76. The average molecular weight is 322 g/mol. The summed E-state index contributed by atoms with van der Waals surface area (Å²) < 4.78 is 34.8. The van der Waals surface area contributed by atoms with Crippen molar-refractivity contribution >= 4 is 17.0 Å². The van der Waals surface area contributed by atoms with Crippen LogP contribution in [-0.2, 0) is 11.3 Å². The Morgan fingerprint density at radius 2 is 2.09 bits per heavy atom. The summed E-state index contributed by atoms with van der Waals surface area (Å²) in [5.41, 5.74) is 0.797. The van der Waals surface area contributed by atoms with Crippen molar-refractivity contribution in [2.45, 2.75) is 51.8 Å². The highest BCUT2D eigenvalue weighted by Gasteiger charge is 2.32. The molecule has 0 unspecified atom stereocenters. The minimum Gasteiger partial charge on any atom is -0.444 e. The second kappa shape index (κ2) is 5.22. The number of alkyl carbamates (subject to hydrolysis) is 1. The van der Waals surface area contributed by atoms with Gasteiger partial charge in [-0.2, -0.15) is 0 Å². The third-order valence-electron chi connectivity index (χ3n) is 4.15. The lowest BCUT2D eigenvalue weighted by Gasteiger charge is -2.32. The Bertz CT molecular complexity index is 777. The van der Waals surface area contributed by atoms with Crippen LogP contribution in [0.15, 0.2) is 18.3 Å². The van der Waals surface area contributed by atoms with Crippen molar-refractivity contribution in [3.05, 3.63) is 35.5 Å². The Labute approximate surface area is 133 Å². The number of halogens is 2. The monoisotopic (exact) mass is 322 g/mol. The van der Waals surface area contributed by atoms with E-state index in [1.54, 1.807) is 33.0 Å². The molecule has 0 bridgehead atoms. The second-order valence-corrected chi connectivity index (χ2v) is 7.03. The lowest BCUT2D eigenvalue weighted by atomic mass is 9.89. The number of nitrogens with one attached hydrogen (secondary N) is 1. The molecular formula is C17H20F2N2O2. The van der Waals surface area contributed by atoms with Gasteiger partial charge in [-0.25, -0.2) is 13.6 Å². The topological polar surface area (TPSA) is 43.3 Å². The fraction of sp³-hybridized carbons (Fsp3) is 0.471. The van der Waals surface area contributed by atoms with Crippen molar-refractivity contribution in [2.24, 2.45) is 0 Å². The molecule has 1 aromatic heterocycles. The molecule has 0 spiro atoms. The average Bonchev–Trinajstić information content (AvgIpc) is 2.83. The van der Waals surface area contributed by atoms with Gasteiger partial charge in [0.05, 0.1) is 11.6 Å². The van der Waals surface area contributed by atoms with E-state index in [9.17, 15) is 13.6 Å². The highest BCUT2D eigenvalue weighted by Crippen LogP contribution is 2.36. The van der Waals surface area contributed by atoms with E-state index in [1.165, 1.54) is 6.07 Å². The minimum absolute atomic E-state index is 0.150. The molecule has 1 aliphatic rings. The quantitative estimate of drug-likeness (QED) is 0.864. The Morgan fingerprint density at radius 1 is 1.39 bits per heavy atom.